The van der Waals surface area contributed by atoms with E-state index >= 15 is 0 Å². The molecule has 2 aliphatic heterocycles. The maximum atomic E-state index is 11.9. The first-order valence-corrected chi connectivity index (χ1v) is 10.7. The first-order valence-electron chi connectivity index (χ1n) is 7.96. The van der Waals surface area contributed by atoms with Crippen LogP contribution in [0.15, 0.2) is 18.2 Å². The molecule has 3 rings (SSSR count). The summed E-state index contributed by atoms with van der Waals surface area (Å²) in [6, 6.07) is 6.14. The lowest BCUT2D eigenvalue weighted by molar-refractivity contribution is 0.601. The van der Waals surface area contributed by atoms with Crippen molar-refractivity contribution in [3.8, 4) is 0 Å². The molecule has 7 heteroatoms. The average Bonchev–Trinajstić information content (AvgIpc) is 2.91. The fraction of sp³-hybridized carbons (Fsp3) is 0.562. The van der Waals surface area contributed by atoms with Crippen molar-refractivity contribution in [2.75, 3.05) is 34.4 Å². The van der Waals surface area contributed by atoms with Crippen molar-refractivity contribution in [2.24, 2.45) is 0 Å². The van der Waals surface area contributed by atoms with Crippen LogP contribution in [0, 0.1) is 12.3 Å². The predicted octanol–water partition coefficient (Wildman–Crippen LogP) is 2.49. The van der Waals surface area contributed by atoms with Gasteiger partial charge in [-0.25, -0.2) is 8.42 Å². The largest absolute Gasteiger partial charge is 0.372 e. The summed E-state index contributed by atoms with van der Waals surface area (Å²) in [6.45, 7) is 8.21. The van der Waals surface area contributed by atoms with E-state index in [9.17, 15) is 8.42 Å². The van der Waals surface area contributed by atoms with Crippen molar-refractivity contribution < 1.29 is 8.42 Å². The maximum absolute atomic E-state index is 11.9. The van der Waals surface area contributed by atoms with Gasteiger partial charge in [-0.15, -0.1) is 0 Å². The second-order valence-corrected chi connectivity index (χ2v) is 9.50. The fourth-order valence-electron chi connectivity index (χ4n) is 3.48. The average molecular weight is 354 g/mol. The van der Waals surface area contributed by atoms with Gasteiger partial charge in [0.15, 0.2) is 15.0 Å². The van der Waals surface area contributed by atoms with E-state index in [0.29, 0.717) is 5.17 Å². The molecule has 0 amide bonds. The molecule has 1 aromatic carbocycles. The van der Waals surface area contributed by atoms with Gasteiger partial charge in [0.1, 0.15) is 0 Å². The third kappa shape index (κ3) is 2.96. The molecule has 1 aromatic rings. The van der Waals surface area contributed by atoms with Crippen LogP contribution in [-0.2, 0) is 9.84 Å². The number of benzene rings is 1. The number of amidine groups is 1. The summed E-state index contributed by atoms with van der Waals surface area (Å²) in [6.07, 6.45) is 0. The van der Waals surface area contributed by atoms with Gasteiger partial charge in [-0.3, -0.25) is 5.41 Å². The second-order valence-electron chi connectivity index (χ2n) is 6.12. The normalized spacial score (nSPS) is 25.7. The van der Waals surface area contributed by atoms with Gasteiger partial charge >= 0.3 is 0 Å². The summed E-state index contributed by atoms with van der Waals surface area (Å²) in [7, 11) is -2.98. The minimum absolute atomic E-state index is 0.00522. The molecule has 0 radical (unpaired) electrons. The van der Waals surface area contributed by atoms with Crippen molar-refractivity contribution in [3.63, 3.8) is 0 Å². The Labute approximate surface area is 142 Å². The molecule has 2 atom stereocenters. The zero-order chi connectivity index (χ0) is 16.8. The van der Waals surface area contributed by atoms with Gasteiger partial charge in [-0.2, -0.15) is 0 Å². The van der Waals surface area contributed by atoms with Crippen molar-refractivity contribution in [2.45, 2.75) is 32.1 Å². The van der Waals surface area contributed by atoms with E-state index in [1.807, 2.05) is 17.9 Å². The van der Waals surface area contributed by atoms with Crippen LogP contribution >= 0.6 is 11.8 Å². The Bertz CT molecular complexity index is 729. The maximum Gasteiger partial charge on any atom is 0.161 e. The highest BCUT2D eigenvalue weighted by Gasteiger charge is 2.48. The van der Waals surface area contributed by atoms with Gasteiger partial charge < -0.3 is 9.80 Å². The Morgan fingerprint density at radius 3 is 2.61 bits per heavy atom. The first kappa shape index (κ1) is 16.6. The van der Waals surface area contributed by atoms with E-state index in [-0.39, 0.29) is 22.8 Å². The molecule has 0 spiro atoms. The summed E-state index contributed by atoms with van der Waals surface area (Å²) in [5, 5.41) is 8.72. The zero-order valence-electron chi connectivity index (χ0n) is 13.7. The Morgan fingerprint density at radius 1 is 1.30 bits per heavy atom. The van der Waals surface area contributed by atoms with Gasteiger partial charge in [0.05, 0.1) is 17.5 Å². The van der Waals surface area contributed by atoms with Crippen LogP contribution < -0.4 is 9.80 Å². The highest BCUT2D eigenvalue weighted by atomic mass is 32.2. The number of rotatable bonds is 4. The minimum Gasteiger partial charge on any atom is -0.372 e. The number of nitrogens with one attached hydrogen (secondary N) is 1. The second kappa shape index (κ2) is 6.02. The van der Waals surface area contributed by atoms with Crippen LogP contribution in [0.2, 0.25) is 0 Å². The molecule has 2 saturated heterocycles. The Kier molecular flexibility index (Phi) is 4.35. The molecule has 2 aliphatic rings. The molecule has 5 nitrogen and oxygen atoms in total. The summed E-state index contributed by atoms with van der Waals surface area (Å²) < 4.78 is 23.8. The highest BCUT2D eigenvalue weighted by molar-refractivity contribution is 8.15. The molecule has 0 aliphatic carbocycles. The monoisotopic (exact) mass is 353 g/mol. The van der Waals surface area contributed by atoms with Crippen molar-refractivity contribution >= 4 is 38.1 Å². The van der Waals surface area contributed by atoms with Gasteiger partial charge in [-0.1, -0.05) is 11.8 Å². The van der Waals surface area contributed by atoms with Gasteiger partial charge in [0, 0.05) is 29.7 Å². The highest BCUT2D eigenvalue weighted by Crippen LogP contribution is 2.41. The van der Waals surface area contributed by atoms with E-state index in [4.69, 9.17) is 5.41 Å². The SMILES string of the molecule is CCN(CC)c1ccc(N2C(=N)S[C@H]3CS(=O)(=O)C[C@@H]32)c(C)c1. The van der Waals surface area contributed by atoms with Crippen molar-refractivity contribution in [3.05, 3.63) is 23.8 Å². The van der Waals surface area contributed by atoms with E-state index in [1.54, 1.807) is 0 Å². The summed E-state index contributed by atoms with van der Waals surface area (Å²) in [4.78, 5) is 4.20. The topological polar surface area (TPSA) is 64.5 Å². The minimum atomic E-state index is -2.98. The molecular weight excluding hydrogens is 330 g/mol. The van der Waals surface area contributed by atoms with E-state index in [2.05, 4.69) is 30.9 Å². The van der Waals surface area contributed by atoms with Crippen LogP contribution in [-0.4, -0.2) is 49.5 Å². The summed E-state index contributed by atoms with van der Waals surface area (Å²) >= 11 is 1.39. The molecule has 1 N–H and O–H groups in total. The summed E-state index contributed by atoms with van der Waals surface area (Å²) in [5.41, 5.74) is 3.22. The van der Waals surface area contributed by atoms with Crippen LogP contribution in [0.4, 0.5) is 11.4 Å². The molecular formula is C16H23N3O2S2. The van der Waals surface area contributed by atoms with Gasteiger partial charge in [0.25, 0.3) is 0 Å². The molecule has 23 heavy (non-hydrogen) atoms. The van der Waals surface area contributed by atoms with E-state index < -0.39 is 9.84 Å². The van der Waals surface area contributed by atoms with Gasteiger partial charge in [-0.05, 0) is 44.5 Å². The number of thioether (sulfide) groups is 1. The molecule has 2 heterocycles. The Balaban J connectivity index is 1.94. The number of hydrogen-bond acceptors (Lipinski definition) is 5. The van der Waals surface area contributed by atoms with E-state index in [0.717, 1.165) is 24.3 Å². The van der Waals surface area contributed by atoms with Crippen LogP contribution in [0.1, 0.15) is 19.4 Å². The lowest BCUT2D eigenvalue weighted by Gasteiger charge is -2.28. The first-order chi connectivity index (χ1) is 10.9. The molecule has 126 valence electrons. The van der Waals surface area contributed by atoms with Gasteiger partial charge in [0.2, 0.25) is 0 Å². The number of anilines is 2. The third-order valence-electron chi connectivity index (χ3n) is 4.65. The van der Waals surface area contributed by atoms with Crippen molar-refractivity contribution in [1.29, 1.82) is 5.41 Å². The van der Waals surface area contributed by atoms with Crippen LogP contribution in [0.25, 0.3) is 0 Å². The van der Waals surface area contributed by atoms with E-state index in [1.165, 1.54) is 17.4 Å². The molecule has 0 unspecified atom stereocenters. The Hall–Kier alpha value is -1.21. The van der Waals surface area contributed by atoms with Crippen LogP contribution in [0.3, 0.4) is 0 Å². The number of aryl methyl sites for hydroxylation is 1. The number of nitrogens with zero attached hydrogens (tertiary/aromatic N) is 2. The third-order valence-corrected chi connectivity index (χ3v) is 7.78. The quantitative estimate of drug-likeness (QED) is 0.901. The van der Waals surface area contributed by atoms with Crippen molar-refractivity contribution in [1.82, 2.24) is 0 Å². The standard InChI is InChI=1S/C16H23N3O2S2/c1-4-18(5-2)12-6-7-13(11(3)8-12)19-14-9-23(20,21)10-15(14)22-16(19)17/h6-8,14-15,17H,4-5,9-10H2,1-3H3/t14-,15-/m0/s1. The molecule has 0 saturated carbocycles. The molecule has 2 fully saturated rings. The molecule has 0 aromatic heterocycles. The summed E-state index contributed by atoms with van der Waals surface area (Å²) in [5.74, 6) is 0.349. The number of fused-ring (bicyclic) bond motifs is 1. The zero-order valence-corrected chi connectivity index (χ0v) is 15.4. The smallest absolute Gasteiger partial charge is 0.161 e. The molecule has 0 bridgehead atoms. The lowest BCUT2D eigenvalue weighted by Crippen LogP contribution is -2.37. The van der Waals surface area contributed by atoms with Crippen LogP contribution in [0.5, 0.6) is 0 Å². The predicted molar refractivity (Wildman–Crippen MR) is 98.8 cm³/mol. The fourth-order valence-corrected chi connectivity index (χ4v) is 7.27. The number of sulfone groups is 1. The number of hydrogen-bond donors (Lipinski definition) is 1. The Morgan fingerprint density at radius 2 is 2.00 bits per heavy atom. The lowest BCUT2D eigenvalue weighted by atomic mass is 10.1.